The van der Waals surface area contributed by atoms with Crippen LogP contribution in [0.3, 0.4) is 0 Å². The number of furan rings is 2. The molecule has 5 aromatic carbocycles. The van der Waals surface area contributed by atoms with Crippen molar-refractivity contribution in [3.8, 4) is 6.07 Å². The number of nitrogens with one attached hydrogen (secondary N) is 1. The van der Waals surface area contributed by atoms with Crippen molar-refractivity contribution in [2.24, 2.45) is 9.98 Å². The second-order valence-electron chi connectivity index (χ2n) is 9.78. The van der Waals surface area contributed by atoms with E-state index in [4.69, 9.17) is 18.8 Å². The largest absolute Gasteiger partial charge is 0.456 e. The van der Waals surface area contributed by atoms with E-state index in [0.717, 1.165) is 55.0 Å². The normalized spacial score (nSPS) is 15.2. The Morgan fingerprint density at radius 1 is 0.600 bits per heavy atom. The summed E-state index contributed by atoms with van der Waals surface area (Å²) in [4.78, 5) is 10.1. The summed E-state index contributed by atoms with van der Waals surface area (Å²) < 4.78 is 12.3. The van der Waals surface area contributed by atoms with Crippen LogP contribution in [-0.4, -0.2) is 11.7 Å². The van der Waals surface area contributed by atoms with Gasteiger partial charge in [0.15, 0.2) is 6.17 Å². The van der Waals surface area contributed by atoms with Crippen molar-refractivity contribution in [2.45, 2.75) is 6.17 Å². The molecule has 0 aliphatic carbocycles. The average Bonchev–Trinajstić information content (AvgIpc) is 3.58. The van der Waals surface area contributed by atoms with Gasteiger partial charge in [-0.15, -0.1) is 0 Å². The quantitative estimate of drug-likeness (QED) is 0.259. The summed E-state index contributed by atoms with van der Waals surface area (Å²) in [6.45, 7) is 0. The van der Waals surface area contributed by atoms with Gasteiger partial charge in [-0.2, -0.15) is 5.26 Å². The molecule has 1 unspecified atom stereocenters. The molecule has 188 valence electrons. The van der Waals surface area contributed by atoms with Gasteiger partial charge in [0.05, 0.1) is 11.6 Å². The maximum atomic E-state index is 9.83. The molecular formula is C34H20N4O2. The lowest BCUT2D eigenvalue weighted by molar-refractivity contribution is 0.667. The lowest BCUT2D eigenvalue weighted by atomic mass is 10.0. The fraction of sp³-hybridized carbons (Fsp3) is 0.0294. The Balaban J connectivity index is 1.35. The lowest BCUT2D eigenvalue weighted by Gasteiger charge is -2.23. The molecule has 1 atom stereocenters. The van der Waals surface area contributed by atoms with E-state index in [1.165, 1.54) is 0 Å². The summed E-state index contributed by atoms with van der Waals surface area (Å²) in [5.74, 6) is 1.37. The Kier molecular flexibility index (Phi) is 4.85. The molecule has 0 amide bonds. The van der Waals surface area contributed by atoms with Gasteiger partial charge < -0.3 is 14.2 Å². The molecule has 1 aliphatic rings. The van der Waals surface area contributed by atoms with Gasteiger partial charge in [0.2, 0.25) is 0 Å². The van der Waals surface area contributed by atoms with Crippen LogP contribution >= 0.6 is 0 Å². The van der Waals surface area contributed by atoms with Crippen molar-refractivity contribution in [3.63, 3.8) is 0 Å². The third kappa shape index (κ3) is 3.49. The van der Waals surface area contributed by atoms with Crippen LogP contribution in [-0.2, 0) is 0 Å². The number of nitriles is 1. The topological polar surface area (TPSA) is 86.8 Å². The van der Waals surface area contributed by atoms with Gasteiger partial charge in [0.1, 0.15) is 34.0 Å². The molecule has 0 saturated heterocycles. The van der Waals surface area contributed by atoms with Crippen molar-refractivity contribution >= 4 is 55.5 Å². The summed E-state index contributed by atoms with van der Waals surface area (Å²) in [7, 11) is 0. The number of nitrogens with zero attached hydrogens (tertiary/aromatic N) is 3. The van der Waals surface area contributed by atoms with E-state index in [-0.39, 0.29) is 0 Å². The van der Waals surface area contributed by atoms with Crippen molar-refractivity contribution in [1.29, 1.82) is 5.26 Å². The highest BCUT2D eigenvalue weighted by Gasteiger charge is 2.25. The SMILES string of the molecule is N#Cc1cc(C2N=C(c3ccccc3)NC(c3ccc4c(c3)oc3ccccc34)=N2)c2c(c1)oc1ccccc12. The van der Waals surface area contributed by atoms with Gasteiger partial charge >= 0.3 is 0 Å². The van der Waals surface area contributed by atoms with E-state index in [1.54, 1.807) is 6.07 Å². The van der Waals surface area contributed by atoms with Crippen molar-refractivity contribution in [1.82, 2.24) is 5.32 Å². The summed E-state index contributed by atoms with van der Waals surface area (Å²) in [6.07, 6.45) is -0.602. The molecule has 6 heteroatoms. The first-order valence-electron chi connectivity index (χ1n) is 13.0. The number of rotatable bonds is 3. The highest BCUT2D eigenvalue weighted by Crippen LogP contribution is 2.38. The van der Waals surface area contributed by atoms with E-state index >= 15 is 0 Å². The van der Waals surface area contributed by atoms with E-state index in [0.29, 0.717) is 22.8 Å². The summed E-state index contributed by atoms with van der Waals surface area (Å²) >= 11 is 0. The van der Waals surface area contributed by atoms with Crippen LogP contribution in [0.5, 0.6) is 0 Å². The van der Waals surface area contributed by atoms with Crippen LogP contribution in [0.25, 0.3) is 43.9 Å². The number of benzene rings is 5. The number of para-hydroxylation sites is 2. The predicted octanol–water partition coefficient (Wildman–Crippen LogP) is 7.85. The van der Waals surface area contributed by atoms with Gasteiger partial charge in [0.25, 0.3) is 0 Å². The van der Waals surface area contributed by atoms with E-state index < -0.39 is 6.17 Å². The molecule has 7 aromatic rings. The highest BCUT2D eigenvalue weighted by molar-refractivity contribution is 6.17. The molecular weight excluding hydrogens is 496 g/mol. The van der Waals surface area contributed by atoms with Crippen LogP contribution < -0.4 is 5.32 Å². The maximum Gasteiger partial charge on any atom is 0.170 e. The minimum Gasteiger partial charge on any atom is -0.456 e. The fourth-order valence-corrected chi connectivity index (χ4v) is 5.51. The zero-order valence-electron chi connectivity index (χ0n) is 21.1. The Labute approximate surface area is 228 Å². The summed E-state index contributed by atoms with van der Waals surface area (Å²) in [5.41, 5.74) is 6.17. The Morgan fingerprint density at radius 3 is 2.05 bits per heavy atom. The minimum absolute atomic E-state index is 0.497. The maximum absolute atomic E-state index is 9.83. The van der Waals surface area contributed by atoms with Crippen LogP contribution in [0, 0.1) is 11.3 Å². The van der Waals surface area contributed by atoms with Crippen molar-refractivity contribution in [2.75, 3.05) is 0 Å². The van der Waals surface area contributed by atoms with Gasteiger partial charge in [0, 0.05) is 38.2 Å². The number of fused-ring (bicyclic) bond motifs is 6. The van der Waals surface area contributed by atoms with Gasteiger partial charge in [-0.05, 0) is 36.4 Å². The molecule has 0 spiro atoms. The lowest BCUT2D eigenvalue weighted by Crippen LogP contribution is -2.36. The fourth-order valence-electron chi connectivity index (χ4n) is 5.51. The average molecular weight is 517 g/mol. The Hall–Kier alpha value is -5.67. The third-order valence-corrected chi connectivity index (χ3v) is 7.36. The number of amidine groups is 2. The number of hydrogen-bond acceptors (Lipinski definition) is 6. The van der Waals surface area contributed by atoms with E-state index in [9.17, 15) is 5.26 Å². The van der Waals surface area contributed by atoms with E-state index in [2.05, 4.69) is 29.6 Å². The first-order chi connectivity index (χ1) is 19.7. The third-order valence-electron chi connectivity index (χ3n) is 7.36. The van der Waals surface area contributed by atoms with Gasteiger partial charge in [-0.1, -0.05) is 72.8 Å². The predicted molar refractivity (Wildman–Crippen MR) is 158 cm³/mol. The van der Waals surface area contributed by atoms with Gasteiger partial charge in [-0.3, -0.25) is 0 Å². The molecule has 0 fully saturated rings. The number of hydrogen-bond donors (Lipinski definition) is 1. The monoisotopic (exact) mass is 516 g/mol. The van der Waals surface area contributed by atoms with Crippen LogP contribution in [0.4, 0.5) is 0 Å². The summed E-state index contributed by atoms with van der Waals surface area (Å²) in [6, 6.07) is 38.0. The molecule has 3 heterocycles. The first kappa shape index (κ1) is 22.3. The first-order valence-corrected chi connectivity index (χ1v) is 13.0. The molecule has 0 radical (unpaired) electrons. The standard InChI is InChI=1S/C34H20N4O2/c35-19-20-16-26(31-25-11-5-7-13-28(25)40-30(31)17-20)34-37-32(21-8-2-1-3-9-21)36-33(38-34)22-14-15-24-23-10-4-6-12-27(23)39-29(24)18-22/h1-18,34H,(H,36,37,38). The Morgan fingerprint density at radius 2 is 1.25 bits per heavy atom. The second kappa shape index (κ2) is 8.69. The second-order valence-corrected chi connectivity index (χ2v) is 9.78. The molecule has 0 bridgehead atoms. The Bertz CT molecular complexity index is 2210. The van der Waals surface area contributed by atoms with Crippen molar-refractivity contribution in [3.05, 3.63) is 131 Å². The molecule has 8 rings (SSSR count). The molecule has 2 aromatic heterocycles. The molecule has 1 aliphatic heterocycles. The van der Waals surface area contributed by atoms with Gasteiger partial charge in [-0.25, -0.2) is 9.98 Å². The molecule has 40 heavy (non-hydrogen) atoms. The van der Waals surface area contributed by atoms with Crippen molar-refractivity contribution < 1.29 is 8.83 Å². The molecule has 1 N–H and O–H groups in total. The molecule has 0 saturated carbocycles. The summed E-state index contributed by atoms with van der Waals surface area (Å²) in [5, 5.41) is 17.3. The van der Waals surface area contributed by atoms with Crippen LogP contribution in [0.15, 0.2) is 128 Å². The van der Waals surface area contributed by atoms with E-state index in [1.807, 2.05) is 84.9 Å². The smallest absolute Gasteiger partial charge is 0.170 e. The highest BCUT2D eigenvalue weighted by atomic mass is 16.3. The number of aliphatic imine (C=N–C) groups is 2. The van der Waals surface area contributed by atoms with Crippen LogP contribution in [0.2, 0.25) is 0 Å². The zero-order valence-corrected chi connectivity index (χ0v) is 21.1. The zero-order chi connectivity index (χ0) is 26.6. The van der Waals surface area contributed by atoms with Crippen LogP contribution in [0.1, 0.15) is 28.4 Å². The molecule has 6 nitrogen and oxygen atoms in total. The minimum atomic E-state index is -0.602.